The van der Waals surface area contributed by atoms with Crippen LogP contribution in [0.5, 0.6) is 0 Å². The molecule has 2 rings (SSSR count). The van der Waals surface area contributed by atoms with Crippen molar-refractivity contribution in [3.63, 3.8) is 0 Å². The summed E-state index contributed by atoms with van der Waals surface area (Å²) < 4.78 is 0.970. The lowest BCUT2D eigenvalue weighted by molar-refractivity contribution is 0.0912. The number of amides is 1. The summed E-state index contributed by atoms with van der Waals surface area (Å²) in [6.07, 6.45) is 0.809. The van der Waals surface area contributed by atoms with Gasteiger partial charge >= 0.3 is 0 Å². The highest BCUT2D eigenvalue weighted by molar-refractivity contribution is 14.1. The van der Waals surface area contributed by atoms with E-state index in [1.165, 1.54) is 5.56 Å². The van der Waals surface area contributed by atoms with E-state index in [0.29, 0.717) is 0 Å². The third-order valence-corrected chi connectivity index (χ3v) is 4.00. The molecule has 0 aliphatic rings. The zero-order valence-electron chi connectivity index (χ0n) is 11.7. The summed E-state index contributed by atoms with van der Waals surface area (Å²) in [5.74, 6) is -0.0177. The molecule has 0 radical (unpaired) electrons. The molecule has 3 heteroatoms. The van der Waals surface area contributed by atoms with Crippen LogP contribution in [-0.4, -0.2) is 11.4 Å². The van der Waals surface area contributed by atoms with Gasteiger partial charge in [0.05, 0.1) is 5.56 Å². The highest BCUT2D eigenvalue weighted by Crippen LogP contribution is 2.16. The minimum Gasteiger partial charge on any atom is -0.347 e. The van der Waals surface area contributed by atoms with E-state index < -0.39 is 0 Å². The maximum atomic E-state index is 12.4. The Morgan fingerprint density at radius 1 is 1.05 bits per heavy atom. The van der Waals surface area contributed by atoms with Crippen LogP contribution < -0.4 is 5.32 Å². The smallest absolute Gasteiger partial charge is 0.252 e. The van der Waals surface area contributed by atoms with Crippen LogP contribution in [0, 0.1) is 3.57 Å². The van der Waals surface area contributed by atoms with Crippen LogP contribution in [0.15, 0.2) is 54.6 Å². The third-order valence-electron chi connectivity index (χ3n) is 3.06. The predicted octanol–water partition coefficient (Wildman–Crippen LogP) is 4.04. The average molecular weight is 379 g/mol. The van der Waals surface area contributed by atoms with Crippen molar-refractivity contribution >= 4 is 28.5 Å². The molecule has 0 aliphatic carbocycles. The van der Waals surface area contributed by atoms with Crippen LogP contribution in [-0.2, 0) is 6.42 Å². The van der Waals surface area contributed by atoms with Gasteiger partial charge in [0.15, 0.2) is 0 Å². The minimum atomic E-state index is -0.280. The molecule has 2 aromatic rings. The van der Waals surface area contributed by atoms with Gasteiger partial charge in [0.2, 0.25) is 0 Å². The molecule has 0 unspecified atom stereocenters. The number of carbonyl (C=O) groups excluding carboxylic acids is 1. The van der Waals surface area contributed by atoms with Crippen molar-refractivity contribution < 1.29 is 4.79 Å². The van der Waals surface area contributed by atoms with Gasteiger partial charge in [-0.3, -0.25) is 4.79 Å². The summed E-state index contributed by atoms with van der Waals surface area (Å²) in [5.41, 5.74) is 1.67. The first kappa shape index (κ1) is 15.0. The Morgan fingerprint density at radius 3 is 2.30 bits per heavy atom. The van der Waals surface area contributed by atoms with E-state index in [1.54, 1.807) is 0 Å². The Labute approximate surface area is 133 Å². The standard InChI is InChI=1S/C17H18INO/c1-17(2,12-13-8-4-3-5-9-13)19-16(20)14-10-6-7-11-15(14)18/h3-11H,12H2,1-2H3,(H,19,20). The average Bonchev–Trinajstić information content (AvgIpc) is 2.39. The number of rotatable bonds is 4. The summed E-state index contributed by atoms with van der Waals surface area (Å²) in [6.45, 7) is 4.10. The molecule has 0 aromatic heterocycles. The van der Waals surface area contributed by atoms with Crippen molar-refractivity contribution in [1.29, 1.82) is 0 Å². The Morgan fingerprint density at radius 2 is 1.65 bits per heavy atom. The highest BCUT2D eigenvalue weighted by atomic mass is 127. The zero-order chi connectivity index (χ0) is 14.6. The number of carbonyl (C=O) groups is 1. The van der Waals surface area contributed by atoms with E-state index in [9.17, 15) is 4.79 Å². The van der Waals surface area contributed by atoms with Crippen LogP contribution in [0.1, 0.15) is 29.8 Å². The summed E-state index contributed by atoms with van der Waals surface area (Å²) in [7, 11) is 0. The Hall–Kier alpha value is -1.36. The van der Waals surface area contributed by atoms with Gasteiger partial charge in [-0.15, -0.1) is 0 Å². The van der Waals surface area contributed by atoms with Crippen LogP contribution in [0.2, 0.25) is 0 Å². The van der Waals surface area contributed by atoms with Gasteiger partial charge in [0.1, 0.15) is 0 Å². The molecule has 0 saturated heterocycles. The first-order chi connectivity index (χ1) is 9.48. The molecule has 0 fully saturated rings. The van der Waals surface area contributed by atoms with Gasteiger partial charge in [-0.1, -0.05) is 42.5 Å². The van der Waals surface area contributed by atoms with Gasteiger partial charge < -0.3 is 5.32 Å². The number of hydrogen-bond donors (Lipinski definition) is 1. The molecule has 0 aliphatic heterocycles. The molecule has 104 valence electrons. The van der Waals surface area contributed by atoms with E-state index in [-0.39, 0.29) is 11.4 Å². The second kappa shape index (κ2) is 6.39. The molecular weight excluding hydrogens is 361 g/mol. The quantitative estimate of drug-likeness (QED) is 0.799. The Balaban J connectivity index is 2.08. The van der Waals surface area contributed by atoms with E-state index in [1.807, 2.05) is 56.3 Å². The molecule has 0 atom stereocenters. The number of hydrogen-bond acceptors (Lipinski definition) is 1. The largest absolute Gasteiger partial charge is 0.347 e. The molecular formula is C17H18INO. The lowest BCUT2D eigenvalue weighted by atomic mass is 9.94. The Bertz CT molecular complexity index is 593. The van der Waals surface area contributed by atoms with E-state index in [0.717, 1.165) is 15.6 Å². The van der Waals surface area contributed by atoms with Gasteiger partial charge in [0, 0.05) is 9.11 Å². The van der Waals surface area contributed by atoms with Crippen molar-refractivity contribution in [2.24, 2.45) is 0 Å². The topological polar surface area (TPSA) is 29.1 Å². The van der Waals surface area contributed by atoms with Crippen molar-refractivity contribution in [1.82, 2.24) is 5.32 Å². The van der Waals surface area contributed by atoms with E-state index in [4.69, 9.17) is 0 Å². The first-order valence-corrected chi connectivity index (χ1v) is 7.67. The third kappa shape index (κ3) is 4.07. The normalized spacial score (nSPS) is 11.2. The van der Waals surface area contributed by atoms with Crippen LogP contribution >= 0.6 is 22.6 Å². The summed E-state index contributed by atoms with van der Waals surface area (Å²) in [6, 6.07) is 17.8. The monoisotopic (exact) mass is 379 g/mol. The lowest BCUT2D eigenvalue weighted by Crippen LogP contribution is -2.45. The number of nitrogens with one attached hydrogen (secondary N) is 1. The van der Waals surface area contributed by atoms with Crippen LogP contribution in [0.25, 0.3) is 0 Å². The van der Waals surface area contributed by atoms with Gasteiger partial charge in [-0.25, -0.2) is 0 Å². The second-order valence-corrected chi connectivity index (χ2v) is 6.64. The van der Waals surface area contributed by atoms with Gasteiger partial charge in [0.25, 0.3) is 5.91 Å². The molecule has 1 N–H and O–H groups in total. The molecule has 0 spiro atoms. The molecule has 2 aromatic carbocycles. The predicted molar refractivity (Wildman–Crippen MR) is 90.9 cm³/mol. The van der Waals surface area contributed by atoms with Crippen molar-refractivity contribution in [3.8, 4) is 0 Å². The van der Waals surface area contributed by atoms with Gasteiger partial charge in [-0.2, -0.15) is 0 Å². The Kier molecular flexibility index (Phi) is 4.81. The minimum absolute atomic E-state index is 0.0177. The fourth-order valence-corrected chi connectivity index (χ4v) is 2.80. The maximum Gasteiger partial charge on any atom is 0.252 e. The molecule has 1 amide bonds. The fourth-order valence-electron chi connectivity index (χ4n) is 2.17. The first-order valence-electron chi connectivity index (χ1n) is 6.59. The fraction of sp³-hybridized carbons (Fsp3) is 0.235. The molecule has 2 nitrogen and oxygen atoms in total. The van der Waals surface area contributed by atoms with Gasteiger partial charge in [-0.05, 0) is 60.6 Å². The van der Waals surface area contributed by atoms with Crippen molar-refractivity contribution in [2.75, 3.05) is 0 Å². The zero-order valence-corrected chi connectivity index (χ0v) is 13.8. The van der Waals surface area contributed by atoms with Crippen LogP contribution in [0.3, 0.4) is 0 Å². The second-order valence-electron chi connectivity index (χ2n) is 5.48. The summed E-state index contributed by atoms with van der Waals surface area (Å²) in [5, 5.41) is 3.12. The van der Waals surface area contributed by atoms with E-state index in [2.05, 4.69) is 40.0 Å². The molecule has 0 bridgehead atoms. The maximum absolute atomic E-state index is 12.4. The summed E-state index contributed by atoms with van der Waals surface area (Å²) in [4.78, 5) is 12.4. The summed E-state index contributed by atoms with van der Waals surface area (Å²) >= 11 is 2.19. The number of halogens is 1. The molecule has 0 saturated carbocycles. The van der Waals surface area contributed by atoms with Crippen molar-refractivity contribution in [2.45, 2.75) is 25.8 Å². The number of benzene rings is 2. The molecule has 0 heterocycles. The van der Waals surface area contributed by atoms with Crippen molar-refractivity contribution in [3.05, 3.63) is 69.3 Å². The lowest BCUT2D eigenvalue weighted by Gasteiger charge is -2.26. The van der Waals surface area contributed by atoms with Crippen LogP contribution in [0.4, 0.5) is 0 Å². The van der Waals surface area contributed by atoms with E-state index >= 15 is 0 Å². The SMILES string of the molecule is CC(C)(Cc1ccccc1)NC(=O)c1ccccc1I. The molecule has 20 heavy (non-hydrogen) atoms. The highest BCUT2D eigenvalue weighted by Gasteiger charge is 2.22.